The van der Waals surface area contributed by atoms with Gasteiger partial charge in [-0.15, -0.1) is 0 Å². The summed E-state index contributed by atoms with van der Waals surface area (Å²) in [5.74, 6) is 12.0. The van der Waals surface area contributed by atoms with Gasteiger partial charge in [-0.25, -0.2) is 0 Å². The van der Waals surface area contributed by atoms with E-state index in [1.165, 1.54) is 81.7 Å². The van der Waals surface area contributed by atoms with E-state index in [4.69, 9.17) is 33.2 Å². The monoisotopic (exact) mass is 1820 g/mol. The van der Waals surface area contributed by atoms with Gasteiger partial charge in [0, 0.05) is 123 Å². The highest BCUT2D eigenvalue weighted by molar-refractivity contribution is 6.99. The van der Waals surface area contributed by atoms with Crippen LogP contribution < -0.4 is 87.2 Å². The van der Waals surface area contributed by atoms with Gasteiger partial charge in [-0.3, -0.25) is 0 Å². The Balaban J connectivity index is 0.0000000977. The molecule has 142 heavy (non-hydrogen) atoms. The molecule has 0 atom stereocenters. The maximum Gasteiger partial charge on any atom is 0.260 e. The van der Waals surface area contributed by atoms with Crippen LogP contribution in [0.2, 0.25) is 0 Å². The van der Waals surface area contributed by atoms with Crippen LogP contribution in [0.4, 0.5) is 17.1 Å². The van der Waals surface area contributed by atoms with Crippen LogP contribution in [0.3, 0.4) is 0 Å². The fraction of sp³-hybridized carbons (Fsp3) is 0. The second-order valence-electron chi connectivity index (χ2n) is 37.4. The molecule has 0 radical (unpaired) electrons. The number of para-hydroxylation sites is 13. The summed E-state index contributed by atoms with van der Waals surface area (Å²) in [5, 5.41) is 12.3. The van der Waals surface area contributed by atoms with E-state index in [-0.39, 0.29) is 20.1 Å². The molecular formula is C126H75B3N6O7. The van der Waals surface area contributed by atoms with Crippen molar-refractivity contribution in [2.24, 2.45) is 0 Å². The molecule has 5 aromatic heterocycles. The zero-order valence-electron chi connectivity index (χ0n) is 76.1. The van der Waals surface area contributed by atoms with Crippen LogP contribution in [-0.4, -0.2) is 43.0 Å². The first-order chi connectivity index (χ1) is 70.5. The number of anilines is 3. The minimum Gasteiger partial charge on any atom is -0.458 e. The molecule has 0 saturated heterocycles. The normalized spacial score (nSPS) is 13.1. The quantitative estimate of drug-likeness (QED) is 0.152. The Bertz CT molecular complexity index is 9930. The molecule has 0 fully saturated rings. The lowest BCUT2D eigenvalue weighted by molar-refractivity contribution is 0.464. The lowest BCUT2D eigenvalue weighted by Crippen LogP contribution is -2.57. The van der Waals surface area contributed by atoms with Crippen molar-refractivity contribution >= 4 is 195 Å². The molecule has 21 aromatic carbocycles. The van der Waals surface area contributed by atoms with Crippen LogP contribution in [0.5, 0.6) is 80.5 Å². The number of benzene rings is 21. The van der Waals surface area contributed by atoms with Gasteiger partial charge in [-0.2, -0.15) is 0 Å². The van der Waals surface area contributed by atoms with E-state index >= 15 is 0 Å². The second kappa shape index (κ2) is 30.4. The lowest BCUT2D eigenvalue weighted by atomic mass is 9.35. The molecule has 660 valence electrons. The third-order valence-corrected chi connectivity index (χ3v) is 30.0. The molecule has 0 saturated carbocycles. The molecule has 33 rings (SSSR count). The molecule has 0 unspecified atom stereocenters. The van der Waals surface area contributed by atoms with Crippen LogP contribution in [0.1, 0.15) is 0 Å². The fourth-order valence-corrected chi connectivity index (χ4v) is 24.2. The molecule has 26 aromatic rings. The van der Waals surface area contributed by atoms with Crippen LogP contribution in [-0.2, 0) is 0 Å². The predicted molar refractivity (Wildman–Crippen MR) is 579 cm³/mol. The Labute approximate surface area is 814 Å². The zero-order chi connectivity index (χ0) is 92.6. The van der Waals surface area contributed by atoms with Crippen molar-refractivity contribution in [3.8, 4) is 109 Å². The van der Waals surface area contributed by atoms with Gasteiger partial charge in [0.15, 0.2) is 11.5 Å². The first-order valence-corrected chi connectivity index (χ1v) is 48.3. The van der Waals surface area contributed by atoms with E-state index < -0.39 is 0 Å². The van der Waals surface area contributed by atoms with Crippen molar-refractivity contribution in [3.05, 3.63) is 455 Å². The maximum absolute atomic E-state index is 6.88. The highest BCUT2D eigenvalue weighted by Crippen LogP contribution is 2.56. The summed E-state index contributed by atoms with van der Waals surface area (Å²) in [6.45, 7) is 0.110. The van der Waals surface area contributed by atoms with E-state index in [0.29, 0.717) is 0 Å². The number of nitrogens with zero attached hydrogens (tertiary/aromatic N) is 6. The van der Waals surface area contributed by atoms with Crippen molar-refractivity contribution in [1.29, 1.82) is 0 Å². The average Bonchev–Trinajstić information content (AvgIpc) is 1.50. The fourth-order valence-electron chi connectivity index (χ4n) is 24.2. The third kappa shape index (κ3) is 11.4. The molecule has 12 heterocycles. The smallest absolute Gasteiger partial charge is 0.260 e. The molecule has 0 N–H and O–H groups in total. The van der Waals surface area contributed by atoms with Gasteiger partial charge in [0.1, 0.15) is 69.0 Å². The van der Waals surface area contributed by atoms with Gasteiger partial charge < -0.3 is 60.9 Å². The summed E-state index contributed by atoms with van der Waals surface area (Å²) in [5.41, 5.74) is 30.3. The van der Waals surface area contributed by atoms with Crippen molar-refractivity contribution in [1.82, 2.24) is 22.8 Å². The standard InChI is InChI=1S/C42H25BN2O3.2C42H25BN2O2/c1-2-11-26(12-3-1)44-33-16-7-9-18-36(33)48-42-34(44)24-22-29-28-13-4-6-15-32(28)45(41(29)42)27-21-23-31-39(25-27)47-38-20-10-19-37-40(38)43(31)30-14-5-8-17-35(30)46-37;1-2-11-26(12-3-1)45-33-16-7-4-13-28(33)29-22-24-35-40(42(29)45)30-14-5-8-17-34(30)44(35)27-21-23-32-39(25-27)47-38-20-10-19-37-41(38)43(32)31-15-6-9-18-36(31)46-37;1-2-11-26(12-3-1)44-32-16-7-4-13-28(32)40-34(44)23-24-35-41(40)29-14-5-8-17-33(29)45(35)27-21-22-31-39(25-27)47-38-20-10-19-37-42(38)43(31)30-15-6-9-18-36(30)46-37/h1-25H;2*1-25H. The topological polar surface area (TPSA) is 92.5 Å². The van der Waals surface area contributed by atoms with E-state index in [1.807, 2.05) is 84.9 Å². The minimum absolute atomic E-state index is 0.0177. The molecule has 7 aliphatic rings. The Kier molecular flexibility index (Phi) is 16.8. The predicted octanol–water partition coefficient (Wildman–Crippen LogP) is 26.3. The summed E-state index contributed by atoms with van der Waals surface area (Å²) >= 11 is 0. The summed E-state index contributed by atoms with van der Waals surface area (Å²) < 4.78 is 57.9. The molecule has 7 aliphatic heterocycles. The van der Waals surface area contributed by atoms with Gasteiger partial charge in [0.25, 0.3) is 20.1 Å². The SMILES string of the molecule is c1ccc(-n2c3ccccc3c3c4c5ccccc5n(-c5ccc6c(c5)Oc5cccc7c5B6c5ccccc5O7)c4ccc32)cc1.c1ccc(-n2c3ccccc3c3ccc4c(c5ccccc5n4-c4ccc5c(c4)Oc4cccc6c4B5c4ccccc4O6)c32)cc1.c1ccc(N2c3ccccc3Oc3c2ccc2c4ccccc4n(-c4ccc5c(c4)Oc4cccc6c4B5c4ccccc4O6)c32)cc1. The van der Waals surface area contributed by atoms with Crippen LogP contribution in [0, 0.1) is 0 Å². The number of hydrogen-bond donors (Lipinski definition) is 0. The molecular weight excluding hydrogens is 1740 g/mol. The molecule has 0 bridgehead atoms. The number of rotatable bonds is 6. The molecule has 13 nitrogen and oxygen atoms in total. The van der Waals surface area contributed by atoms with Gasteiger partial charge >= 0.3 is 0 Å². The van der Waals surface area contributed by atoms with Gasteiger partial charge in [0.2, 0.25) is 0 Å². The summed E-state index contributed by atoms with van der Waals surface area (Å²) in [6, 6.07) is 161. The molecule has 0 aliphatic carbocycles. The first-order valence-electron chi connectivity index (χ1n) is 48.3. The number of aromatic nitrogens is 5. The van der Waals surface area contributed by atoms with Crippen molar-refractivity contribution in [2.75, 3.05) is 4.90 Å². The lowest BCUT2D eigenvalue weighted by Gasteiger charge is -2.33. The summed E-state index contributed by atoms with van der Waals surface area (Å²) in [6.07, 6.45) is 0. The van der Waals surface area contributed by atoms with Crippen molar-refractivity contribution in [3.63, 3.8) is 0 Å². The first kappa shape index (κ1) is 78.4. The number of ether oxygens (including phenoxy) is 7. The third-order valence-electron chi connectivity index (χ3n) is 30.0. The highest BCUT2D eigenvalue weighted by Gasteiger charge is 2.45. The zero-order valence-corrected chi connectivity index (χ0v) is 76.1. The minimum atomic E-state index is 0.0177. The summed E-state index contributed by atoms with van der Waals surface area (Å²) in [7, 11) is 0. The highest BCUT2D eigenvalue weighted by atomic mass is 16.5. The summed E-state index contributed by atoms with van der Waals surface area (Å²) in [4.78, 5) is 2.29. The maximum atomic E-state index is 6.88. The molecule has 0 amide bonds. The van der Waals surface area contributed by atoms with Gasteiger partial charge in [-0.1, -0.05) is 255 Å². The Morgan fingerprint density at radius 1 is 0.155 bits per heavy atom. The number of hydrogen-bond acceptors (Lipinski definition) is 8. The Hall–Kier alpha value is -18.8. The van der Waals surface area contributed by atoms with Crippen molar-refractivity contribution in [2.45, 2.75) is 0 Å². The number of fused-ring (bicyclic) bond motifs is 32. The van der Waals surface area contributed by atoms with E-state index in [1.54, 1.807) is 0 Å². The Morgan fingerprint density at radius 2 is 0.451 bits per heavy atom. The van der Waals surface area contributed by atoms with E-state index in [9.17, 15) is 0 Å². The van der Waals surface area contributed by atoms with Crippen LogP contribution >= 0.6 is 0 Å². The van der Waals surface area contributed by atoms with Crippen LogP contribution in [0.15, 0.2) is 455 Å². The van der Waals surface area contributed by atoms with E-state index in [2.05, 4.69) is 398 Å². The average molecular weight is 1820 g/mol. The van der Waals surface area contributed by atoms with E-state index in [0.717, 1.165) is 203 Å². The second-order valence-corrected chi connectivity index (χ2v) is 37.4. The Morgan fingerprint density at radius 3 is 0.894 bits per heavy atom. The van der Waals surface area contributed by atoms with Crippen LogP contribution in [0.25, 0.3) is 137 Å². The van der Waals surface area contributed by atoms with Crippen molar-refractivity contribution < 1.29 is 33.2 Å². The molecule has 0 spiro atoms. The van der Waals surface area contributed by atoms with Gasteiger partial charge in [-0.05, 0) is 215 Å². The van der Waals surface area contributed by atoms with Gasteiger partial charge in [0.05, 0.1) is 66.5 Å². The molecule has 16 heteroatoms. The largest absolute Gasteiger partial charge is 0.458 e.